The predicted molar refractivity (Wildman–Crippen MR) is 63.4 cm³/mol. The number of halogens is 5. The number of aromatic nitrogens is 1. The number of nitrogens with zero attached hydrogens (tertiary/aromatic N) is 1. The average Bonchev–Trinajstić information content (AvgIpc) is 2.89. The quantitative estimate of drug-likeness (QED) is 0.812. The van der Waals surface area contributed by atoms with Crippen molar-refractivity contribution in [2.45, 2.75) is 17.0 Å². The van der Waals surface area contributed by atoms with Crippen LogP contribution in [0.2, 0.25) is 0 Å². The molecule has 3 nitrogen and oxygen atoms in total. The Morgan fingerprint density at radius 1 is 0.905 bits per heavy atom. The van der Waals surface area contributed by atoms with Crippen LogP contribution >= 0.6 is 0 Å². The van der Waals surface area contributed by atoms with E-state index in [4.69, 9.17) is 0 Å². The fourth-order valence-corrected chi connectivity index (χ4v) is 2.81. The van der Waals surface area contributed by atoms with Crippen molar-refractivity contribution in [2.24, 2.45) is 0 Å². The molecule has 0 radical (unpaired) electrons. The van der Waals surface area contributed by atoms with E-state index in [0.717, 1.165) is 0 Å². The molecule has 0 aliphatic heterocycles. The molecular weight excluding hydrogens is 317 g/mol. The van der Waals surface area contributed by atoms with Crippen LogP contribution in [0.5, 0.6) is 0 Å². The van der Waals surface area contributed by atoms with Crippen LogP contribution < -0.4 is 0 Å². The molecule has 0 aliphatic carbocycles. The SMILES string of the molecule is O=S(=O)(c1ccccc1)n1ccc(C(F)(F)C(F)(F)F)c1. The molecule has 2 rings (SSSR count). The fraction of sp³-hybridized carbons (Fsp3) is 0.167. The second-order valence-corrected chi connectivity index (χ2v) is 5.96. The highest BCUT2D eigenvalue weighted by Crippen LogP contribution is 2.44. The molecule has 0 aliphatic rings. The van der Waals surface area contributed by atoms with E-state index in [0.29, 0.717) is 16.2 Å². The smallest absolute Gasteiger partial charge is 0.249 e. The number of benzene rings is 1. The van der Waals surface area contributed by atoms with E-state index in [2.05, 4.69) is 0 Å². The minimum atomic E-state index is -5.80. The van der Waals surface area contributed by atoms with E-state index in [9.17, 15) is 30.4 Å². The molecule has 1 aromatic carbocycles. The lowest BCUT2D eigenvalue weighted by atomic mass is 10.2. The Morgan fingerprint density at radius 3 is 2.00 bits per heavy atom. The Morgan fingerprint density at radius 2 is 1.48 bits per heavy atom. The van der Waals surface area contributed by atoms with Gasteiger partial charge in [0.25, 0.3) is 10.0 Å². The van der Waals surface area contributed by atoms with Crippen LogP contribution in [0.3, 0.4) is 0 Å². The summed E-state index contributed by atoms with van der Waals surface area (Å²) in [5.74, 6) is -5.12. The normalized spacial score (nSPS) is 13.4. The fourth-order valence-electron chi connectivity index (χ4n) is 1.59. The second kappa shape index (κ2) is 4.83. The summed E-state index contributed by atoms with van der Waals surface area (Å²) in [5.41, 5.74) is -1.44. The minimum Gasteiger partial charge on any atom is -0.249 e. The largest absolute Gasteiger partial charge is 0.458 e. The summed E-state index contributed by atoms with van der Waals surface area (Å²) in [6, 6.07) is 7.18. The minimum absolute atomic E-state index is 0.220. The van der Waals surface area contributed by atoms with Gasteiger partial charge in [-0.25, -0.2) is 12.4 Å². The van der Waals surface area contributed by atoms with E-state index in [-0.39, 0.29) is 11.1 Å². The van der Waals surface area contributed by atoms with Gasteiger partial charge in [0.1, 0.15) is 0 Å². The number of hydrogen-bond acceptors (Lipinski definition) is 2. The maximum Gasteiger partial charge on any atom is 0.458 e. The van der Waals surface area contributed by atoms with Gasteiger partial charge in [-0.15, -0.1) is 0 Å². The zero-order valence-electron chi connectivity index (χ0n) is 10.2. The Balaban J connectivity index is 2.46. The third-order valence-electron chi connectivity index (χ3n) is 2.70. The van der Waals surface area contributed by atoms with Crippen molar-refractivity contribution in [1.29, 1.82) is 0 Å². The highest BCUT2D eigenvalue weighted by molar-refractivity contribution is 7.90. The molecule has 2 aromatic rings. The van der Waals surface area contributed by atoms with Gasteiger partial charge in [0.05, 0.1) is 4.90 Å². The average molecular weight is 325 g/mol. The predicted octanol–water partition coefficient (Wildman–Crippen LogP) is 3.38. The molecule has 0 saturated carbocycles. The summed E-state index contributed by atoms with van der Waals surface area (Å²) in [6.45, 7) is 0. The van der Waals surface area contributed by atoms with Crippen LogP contribution in [-0.2, 0) is 15.9 Å². The molecule has 0 saturated heterocycles. The monoisotopic (exact) mass is 325 g/mol. The molecule has 0 fully saturated rings. The van der Waals surface area contributed by atoms with Crippen LogP contribution in [0.1, 0.15) is 5.56 Å². The summed E-state index contributed by atoms with van der Waals surface area (Å²) >= 11 is 0. The first-order valence-corrected chi connectivity index (χ1v) is 6.94. The maximum absolute atomic E-state index is 13.1. The molecule has 0 bridgehead atoms. The van der Waals surface area contributed by atoms with Crippen molar-refractivity contribution in [2.75, 3.05) is 0 Å². The molecule has 0 atom stereocenters. The van der Waals surface area contributed by atoms with Crippen LogP contribution in [0.25, 0.3) is 0 Å². The molecule has 9 heteroatoms. The molecule has 114 valence electrons. The summed E-state index contributed by atoms with van der Waals surface area (Å²) in [5, 5.41) is 0. The highest BCUT2D eigenvalue weighted by Gasteiger charge is 2.59. The van der Waals surface area contributed by atoms with Crippen LogP contribution in [0.4, 0.5) is 22.0 Å². The first kappa shape index (κ1) is 15.5. The summed E-state index contributed by atoms with van der Waals surface area (Å²) in [7, 11) is -4.21. The van der Waals surface area contributed by atoms with E-state index in [1.807, 2.05) is 0 Å². The standard InChI is InChI=1S/C12H8F5NO2S/c13-11(14,12(15,16)17)9-6-7-18(8-9)21(19,20)10-4-2-1-3-5-10/h1-8H. The second-order valence-electron chi connectivity index (χ2n) is 4.12. The van der Waals surface area contributed by atoms with Crippen LogP contribution in [0.15, 0.2) is 53.7 Å². The van der Waals surface area contributed by atoms with Gasteiger partial charge in [-0.05, 0) is 18.2 Å². The molecule has 0 spiro atoms. The molecular formula is C12H8F5NO2S. The molecule has 1 heterocycles. The van der Waals surface area contributed by atoms with Gasteiger partial charge in [0.2, 0.25) is 0 Å². The van der Waals surface area contributed by atoms with Gasteiger partial charge >= 0.3 is 12.1 Å². The van der Waals surface area contributed by atoms with Gasteiger partial charge < -0.3 is 0 Å². The lowest BCUT2D eigenvalue weighted by molar-refractivity contribution is -0.289. The van der Waals surface area contributed by atoms with Crippen molar-refractivity contribution < 1.29 is 30.4 Å². The van der Waals surface area contributed by atoms with Crippen molar-refractivity contribution >= 4 is 10.0 Å². The Labute approximate surface area is 116 Å². The summed E-state index contributed by atoms with van der Waals surface area (Å²) in [4.78, 5) is -0.220. The lowest BCUT2D eigenvalue weighted by Crippen LogP contribution is -2.33. The maximum atomic E-state index is 13.1. The number of hydrogen-bond donors (Lipinski definition) is 0. The van der Waals surface area contributed by atoms with Crippen molar-refractivity contribution in [3.8, 4) is 0 Å². The van der Waals surface area contributed by atoms with Crippen molar-refractivity contribution in [3.05, 3.63) is 54.4 Å². The van der Waals surface area contributed by atoms with E-state index >= 15 is 0 Å². The highest BCUT2D eigenvalue weighted by atomic mass is 32.2. The molecule has 1 aromatic heterocycles. The van der Waals surface area contributed by atoms with E-state index < -0.39 is 27.7 Å². The van der Waals surface area contributed by atoms with E-state index in [1.165, 1.54) is 30.3 Å². The first-order valence-electron chi connectivity index (χ1n) is 5.50. The van der Waals surface area contributed by atoms with Gasteiger partial charge in [-0.1, -0.05) is 18.2 Å². The summed E-state index contributed by atoms with van der Waals surface area (Å²) < 4.78 is 87.4. The topological polar surface area (TPSA) is 39.1 Å². The molecule has 21 heavy (non-hydrogen) atoms. The van der Waals surface area contributed by atoms with Gasteiger partial charge in [0.15, 0.2) is 0 Å². The van der Waals surface area contributed by atoms with Crippen LogP contribution in [-0.4, -0.2) is 18.6 Å². The van der Waals surface area contributed by atoms with Gasteiger partial charge in [-0.3, -0.25) is 0 Å². The molecule has 0 amide bonds. The first-order chi connectivity index (χ1) is 9.57. The van der Waals surface area contributed by atoms with Crippen LogP contribution in [0, 0.1) is 0 Å². The Hall–Kier alpha value is -1.90. The number of rotatable bonds is 3. The van der Waals surface area contributed by atoms with Crippen molar-refractivity contribution in [3.63, 3.8) is 0 Å². The zero-order chi connectivity index (χ0) is 15.9. The third-order valence-corrected chi connectivity index (χ3v) is 4.35. The van der Waals surface area contributed by atoms with Gasteiger partial charge in [0, 0.05) is 18.0 Å². The molecule has 0 unspecified atom stereocenters. The van der Waals surface area contributed by atoms with E-state index in [1.54, 1.807) is 0 Å². The summed E-state index contributed by atoms with van der Waals surface area (Å²) in [6.07, 6.45) is -4.89. The Bertz CT molecular complexity index is 735. The lowest BCUT2D eigenvalue weighted by Gasteiger charge is -2.18. The Kier molecular flexibility index (Phi) is 3.56. The van der Waals surface area contributed by atoms with Gasteiger partial charge in [-0.2, -0.15) is 22.0 Å². The van der Waals surface area contributed by atoms with Crippen molar-refractivity contribution in [1.82, 2.24) is 3.97 Å². The molecule has 0 N–H and O–H groups in total. The number of alkyl halides is 5. The third kappa shape index (κ3) is 2.65. The zero-order valence-corrected chi connectivity index (χ0v) is 11.0.